The number of aliphatic hydroxyl groups is 1. The molecule has 2 nitrogen and oxygen atoms in total. The van der Waals surface area contributed by atoms with Gasteiger partial charge in [-0.3, -0.25) is 0 Å². The topological polar surface area (TPSA) is 29.5 Å². The molecular weight excluding hydrogens is 404 g/mol. The molecular formula is C31H50O2. The van der Waals surface area contributed by atoms with Crippen molar-refractivity contribution in [2.75, 3.05) is 0 Å². The smallest absolute Gasteiger partial charge is 0.107 e. The molecule has 33 heavy (non-hydrogen) atoms. The van der Waals surface area contributed by atoms with Crippen LogP contribution in [0.4, 0.5) is 0 Å². The predicted molar refractivity (Wildman–Crippen MR) is 134 cm³/mol. The molecule has 0 aromatic rings. The standard InChI is InChI=1S/C31H50O2/c1-19-31-17-15-26(2,3)25(33-19)24(31)20-9-10-22-28(6)13-12-23(32)27(4,5)21(28)11-14-30(22,8)29(20,7)16-18-31/h20-25,32H,1,9-18H2,2-8H3/t20?,21?,22?,23-,24?,25+,28-,29+,30+,31+/m0/s1. The first-order valence-electron chi connectivity index (χ1n) is 14.3. The lowest BCUT2D eigenvalue weighted by molar-refractivity contribution is -0.251. The Hall–Kier alpha value is -0.500. The van der Waals surface area contributed by atoms with Crippen LogP contribution in [-0.2, 0) is 4.74 Å². The minimum Gasteiger partial charge on any atom is -0.494 e. The predicted octanol–water partition coefficient (Wildman–Crippen LogP) is 7.75. The fourth-order valence-electron chi connectivity index (χ4n) is 12.0. The number of hydrogen-bond donors (Lipinski definition) is 1. The van der Waals surface area contributed by atoms with Crippen LogP contribution in [0.25, 0.3) is 0 Å². The van der Waals surface area contributed by atoms with Gasteiger partial charge >= 0.3 is 0 Å². The van der Waals surface area contributed by atoms with Gasteiger partial charge in [-0.15, -0.1) is 0 Å². The van der Waals surface area contributed by atoms with Gasteiger partial charge in [0.25, 0.3) is 0 Å². The Labute approximate surface area is 203 Å². The zero-order valence-corrected chi connectivity index (χ0v) is 22.6. The fraction of sp³-hybridized carbons (Fsp3) is 0.935. The minimum atomic E-state index is -0.135. The number of rotatable bonds is 0. The van der Waals surface area contributed by atoms with E-state index in [0.717, 1.165) is 24.0 Å². The van der Waals surface area contributed by atoms with Crippen LogP contribution in [0.5, 0.6) is 0 Å². The van der Waals surface area contributed by atoms with Crippen molar-refractivity contribution in [2.24, 2.45) is 56.2 Å². The summed E-state index contributed by atoms with van der Waals surface area (Å²) in [5, 5.41) is 10.9. The molecule has 0 spiro atoms. The minimum absolute atomic E-state index is 0.0425. The van der Waals surface area contributed by atoms with Crippen molar-refractivity contribution >= 4 is 0 Å². The van der Waals surface area contributed by atoms with Crippen LogP contribution in [0.1, 0.15) is 113 Å². The van der Waals surface area contributed by atoms with Crippen LogP contribution < -0.4 is 0 Å². The summed E-state index contributed by atoms with van der Waals surface area (Å²) in [6.07, 6.45) is 13.0. The number of hydrogen-bond acceptors (Lipinski definition) is 2. The van der Waals surface area contributed by atoms with Crippen molar-refractivity contribution in [3.8, 4) is 0 Å². The largest absolute Gasteiger partial charge is 0.494 e. The van der Waals surface area contributed by atoms with Crippen molar-refractivity contribution in [3.63, 3.8) is 0 Å². The van der Waals surface area contributed by atoms with Crippen molar-refractivity contribution in [1.82, 2.24) is 0 Å². The molecule has 6 aliphatic rings. The summed E-state index contributed by atoms with van der Waals surface area (Å²) in [7, 11) is 0. The molecule has 186 valence electrons. The summed E-state index contributed by atoms with van der Waals surface area (Å²) in [5.41, 5.74) is 1.70. The Balaban J connectivity index is 1.41. The molecule has 0 aromatic carbocycles. The van der Waals surface area contributed by atoms with Gasteiger partial charge in [0.1, 0.15) is 6.10 Å². The van der Waals surface area contributed by atoms with E-state index in [1.165, 1.54) is 57.8 Å². The van der Waals surface area contributed by atoms with Gasteiger partial charge in [0.05, 0.1) is 11.9 Å². The molecule has 6 rings (SSSR count). The Morgan fingerprint density at radius 2 is 1.45 bits per heavy atom. The summed E-state index contributed by atoms with van der Waals surface area (Å²) >= 11 is 0. The highest BCUT2D eigenvalue weighted by molar-refractivity contribution is 5.27. The fourth-order valence-corrected chi connectivity index (χ4v) is 12.0. The zero-order valence-electron chi connectivity index (χ0n) is 22.6. The second kappa shape index (κ2) is 6.43. The van der Waals surface area contributed by atoms with Crippen LogP contribution in [0.15, 0.2) is 12.3 Å². The molecule has 1 N–H and O–H groups in total. The first kappa shape index (κ1) is 22.9. The van der Waals surface area contributed by atoms with E-state index in [0.29, 0.717) is 34.2 Å². The second-order valence-corrected chi connectivity index (χ2v) is 15.7. The molecule has 0 radical (unpaired) electrons. The third kappa shape index (κ3) is 2.46. The number of fused-ring (bicyclic) bond motifs is 5. The van der Waals surface area contributed by atoms with Gasteiger partial charge in [-0.05, 0) is 104 Å². The van der Waals surface area contributed by atoms with Crippen LogP contribution in [0.3, 0.4) is 0 Å². The molecule has 1 aliphatic heterocycles. The van der Waals surface area contributed by atoms with Crippen molar-refractivity contribution in [2.45, 2.75) is 125 Å². The first-order chi connectivity index (χ1) is 15.2. The molecule has 0 amide bonds. The Morgan fingerprint density at radius 3 is 2.18 bits per heavy atom. The number of aliphatic hydroxyl groups excluding tert-OH is 1. The molecule has 1 heterocycles. The van der Waals surface area contributed by atoms with E-state index in [9.17, 15) is 5.11 Å². The SMILES string of the molecule is C=C1O[C@@H]2C3C4CCC5[C@@]6(C)CC[C@H](O)C(C)(C)C6CC[C@@]5(C)[C@]4(C)CC[C@]13CCC2(C)C. The maximum atomic E-state index is 10.9. The van der Waals surface area contributed by atoms with E-state index in [-0.39, 0.29) is 22.3 Å². The lowest BCUT2D eigenvalue weighted by atomic mass is 9.31. The van der Waals surface area contributed by atoms with E-state index in [1.807, 2.05) is 0 Å². The van der Waals surface area contributed by atoms with Crippen molar-refractivity contribution in [1.29, 1.82) is 0 Å². The number of allylic oxidation sites excluding steroid dienone is 1. The summed E-state index contributed by atoms with van der Waals surface area (Å²) in [6.45, 7) is 22.3. The summed E-state index contributed by atoms with van der Waals surface area (Å²) in [4.78, 5) is 0. The highest BCUT2D eigenvalue weighted by atomic mass is 16.5. The van der Waals surface area contributed by atoms with Gasteiger partial charge in [-0.25, -0.2) is 0 Å². The lowest BCUT2D eigenvalue weighted by Gasteiger charge is -2.73. The Kier molecular flexibility index (Phi) is 4.47. The van der Waals surface area contributed by atoms with Crippen LogP contribution in [-0.4, -0.2) is 17.3 Å². The average Bonchev–Trinajstić information content (AvgIpc) is 2.99. The van der Waals surface area contributed by atoms with E-state index in [2.05, 4.69) is 55.0 Å². The van der Waals surface area contributed by atoms with Crippen molar-refractivity contribution in [3.05, 3.63) is 12.3 Å². The molecule has 5 aliphatic carbocycles. The summed E-state index contributed by atoms with van der Waals surface area (Å²) in [6, 6.07) is 0. The van der Waals surface area contributed by atoms with Gasteiger partial charge in [0.2, 0.25) is 0 Å². The molecule has 5 saturated carbocycles. The van der Waals surface area contributed by atoms with Crippen LogP contribution >= 0.6 is 0 Å². The summed E-state index contributed by atoms with van der Waals surface area (Å²) < 4.78 is 6.72. The number of ether oxygens (including phenoxy) is 1. The zero-order chi connectivity index (χ0) is 23.8. The van der Waals surface area contributed by atoms with Gasteiger partial charge in [0, 0.05) is 16.7 Å². The molecule has 1 saturated heterocycles. The highest BCUT2D eigenvalue weighted by Gasteiger charge is 2.73. The van der Waals surface area contributed by atoms with Gasteiger partial charge in [-0.1, -0.05) is 55.0 Å². The molecule has 10 atom stereocenters. The van der Waals surface area contributed by atoms with Crippen molar-refractivity contribution < 1.29 is 9.84 Å². The van der Waals surface area contributed by atoms with Gasteiger partial charge in [-0.2, -0.15) is 0 Å². The first-order valence-corrected chi connectivity index (χ1v) is 14.3. The lowest BCUT2D eigenvalue weighted by Crippen LogP contribution is -2.67. The van der Waals surface area contributed by atoms with Crippen LogP contribution in [0.2, 0.25) is 0 Å². The van der Waals surface area contributed by atoms with E-state index < -0.39 is 0 Å². The molecule has 6 fully saturated rings. The normalized spacial score (nSPS) is 58.4. The van der Waals surface area contributed by atoms with Gasteiger partial charge < -0.3 is 9.84 Å². The third-order valence-electron chi connectivity index (χ3n) is 14.2. The molecule has 2 heteroatoms. The van der Waals surface area contributed by atoms with Gasteiger partial charge in [0.15, 0.2) is 0 Å². The second-order valence-electron chi connectivity index (χ2n) is 15.7. The van der Waals surface area contributed by atoms with E-state index >= 15 is 0 Å². The molecule has 4 unspecified atom stereocenters. The Morgan fingerprint density at radius 1 is 0.758 bits per heavy atom. The van der Waals surface area contributed by atoms with E-state index in [4.69, 9.17) is 4.74 Å². The maximum Gasteiger partial charge on any atom is 0.107 e. The Bertz CT molecular complexity index is 872. The monoisotopic (exact) mass is 454 g/mol. The molecule has 2 bridgehead atoms. The maximum absolute atomic E-state index is 10.9. The quantitative estimate of drug-likeness (QED) is 0.405. The average molecular weight is 455 g/mol. The van der Waals surface area contributed by atoms with Crippen LogP contribution in [0, 0.1) is 56.2 Å². The third-order valence-corrected chi connectivity index (χ3v) is 14.2. The molecule has 0 aromatic heterocycles. The summed E-state index contributed by atoms with van der Waals surface area (Å²) in [5.74, 6) is 4.01. The highest BCUT2D eigenvalue weighted by Crippen LogP contribution is 2.79. The van der Waals surface area contributed by atoms with E-state index in [1.54, 1.807) is 0 Å².